The summed E-state index contributed by atoms with van der Waals surface area (Å²) in [6.45, 7) is 4.47. The molecule has 0 saturated carbocycles. The third-order valence-electron chi connectivity index (χ3n) is 8.52. The van der Waals surface area contributed by atoms with Gasteiger partial charge in [0.2, 0.25) is 0 Å². The summed E-state index contributed by atoms with van der Waals surface area (Å²) in [5.41, 5.74) is 7.28. The van der Waals surface area contributed by atoms with Crippen molar-refractivity contribution in [1.29, 1.82) is 0 Å². The van der Waals surface area contributed by atoms with Crippen LogP contribution in [0.25, 0.3) is 70.9 Å². The molecule has 0 aliphatic rings. The van der Waals surface area contributed by atoms with Gasteiger partial charge >= 0.3 is 0 Å². The topological polar surface area (TPSA) is 17.3 Å². The molecule has 0 fully saturated rings. The summed E-state index contributed by atoms with van der Waals surface area (Å²) in [6, 6.07) is 37.9. The van der Waals surface area contributed by atoms with Gasteiger partial charge < -0.3 is 0 Å². The summed E-state index contributed by atoms with van der Waals surface area (Å²) in [4.78, 5) is 5.33. The summed E-state index contributed by atoms with van der Waals surface area (Å²) >= 11 is 0. The van der Waals surface area contributed by atoms with Crippen molar-refractivity contribution in [3.63, 3.8) is 0 Å². The van der Waals surface area contributed by atoms with Crippen LogP contribution in [0.5, 0.6) is 0 Å². The molecule has 0 amide bonds. The van der Waals surface area contributed by atoms with Gasteiger partial charge in [0.05, 0.1) is 11.2 Å². The molecule has 8 aromatic rings. The van der Waals surface area contributed by atoms with Crippen LogP contribution < -0.4 is 0 Å². The predicted octanol–water partition coefficient (Wildman–Crippen LogP) is 9.89. The van der Waals surface area contributed by atoms with E-state index in [-0.39, 0.29) is 0 Å². The van der Waals surface area contributed by atoms with Crippen molar-refractivity contribution in [2.24, 2.45) is 0 Å². The normalized spacial score (nSPS) is 12.1. The standard InChI is InChI=1S/C37H28N2/c1-3-23-11-9-12-24(4-2)35(23)33-22-39-34-21-31-27(20-32(34)29-14-7-8-15-30(29)37(39)38-33)19-18-26-17-16-25-10-5-6-13-28(25)36(26)31/h5-22H,3-4H2,1-2H3. The zero-order chi connectivity index (χ0) is 26.1. The minimum Gasteiger partial charge on any atom is -0.298 e. The van der Waals surface area contributed by atoms with Crippen LogP contribution in [0.1, 0.15) is 25.0 Å². The summed E-state index contributed by atoms with van der Waals surface area (Å²) in [5, 5.41) is 11.4. The number of aryl methyl sites for hydroxylation is 2. The smallest absolute Gasteiger partial charge is 0.145 e. The van der Waals surface area contributed by atoms with Gasteiger partial charge in [-0.1, -0.05) is 105 Å². The molecular weight excluding hydrogens is 472 g/mol. The molecule has 186 valence electrons. The van der Waals surface area contributed by atoms with Gasteiger partial charge in [0.1, 0.15) is 5.65 Å². The van der Waals surface area contributed by atoms with Crippen LogP contribution >= 0.6 is 0 Å². The Labute approximate surface area is 227 Å². The molecule has 2 nitrogen and oxygen atoms in total. The van der Waals surface area contributed by atoms with Crippen molar-refractivity contribution in [2.45, 2.75) is 26.7 Å². The van der Waals surface area contributed by atoms with Gasteiger partial charge in [-0.15, -0.1) is 0 Å². The highest BCUT2D eigenvalue weighted by Crippen LogP contribution is 2.38. The van der Waals surface area contributed by atoms with E-state index in [2.05, 4.69) is 128 Å². The van der Waals surface area contributed by atoms with Crippen LogP contribution in [-0.2, 0) is 12.8 Å². The fraction of sp³-hybridized carbons (Fsp3) is 0.108. The predicted molar refractivity (Wildman–Crippen MR) is 167 cm³/mol. The molecule has 39 heavy (non-hydrogen) atoms. The third-order valence-corrected chi connectivity index (χ3v) is 8.52. The molecule has 2 aromatic heterocycles. The molecule has 0 aliphatic heterocycles. The molecule has 0 saturated heterocycles. The van der Waals surface area contributed by atoms with Crippen molar-refractivity contribution in [1.82, 2.24) is 9.38 Å². The largest absolute Gasteiger partial charge is 0.298 e. The lowest BCUT2D eigenvalue weighted by Gasteiger charge is -2.12. The second-order valence-corrected chi connectivity index (χ2v) is 10.6. The van der Waals surface area contributed by atoms with Crippen molar-refractivity contribution in [2.75, 3.05) is 0 Å². The van der Waals surface area contributed by atoms with Crippen molar-refractivity contribution < 1.29 is 0 Å². The van der Waals surface area contributed by atoms with Gasteiger partial charge in [-0.3, -0.25) is 4.40 Å². The maximum Gasteiger partial charge on any atom is 0.145 e. The molecule has 6 aromatic carbocycles. The van der Waals surface area contributed by atoms with E-state index in [0.717, 1.165) is 24.2 Å². The first kappa shape index (κ1) is 22.3. The number of hydrogen-bond donors (Lipinski definition) is 0. The lowest BCUT2D eigenvalue weighted by molar-refractivity contribution is 1.09. The van der Waals surface area contributed by atoms with Gasteiger partial charge in [-0.2, -0.15) is 0 Å². The first-order valence-corrected chi connectivity index (χ1v) is 13.9. The first-order valence-electron chi connectivity index (χ1n) is 13.9. The summed E-state index contributed by atoms with van der Waals surface area (Å²) < 4.78 is 2.34. The Morgan fingerprint density at radius 1 is 0.564 bits per heavy atom. The van der Waals surface area contributed by atoms with Gasteiger partial charge in [-0.25, -0.2) is 4.98 Å². The fourth-order valence-electron chi connectivity index (χ4n) is 6.64. The van der Waals surface area contributed by atoms with E-state index in [1.165, 1.54) is 70.7 Å². The molecular formula is C37H28N2. The molecule has 0 unspecified atom stereocenters. The first-order chi connectivity index (χ1) is 19.2. The Bertz CT molecular complexity index is 2230. The minimum absolute atomic E-state index is 0.988. The lowest BCUT2D eigenvalue weighted by atomic mass is 9.94. The SMILES string of the molecule is CCc1cccc(CC)c1-c1cn2c3cc4c(ccc5ccc6ccccc6c54)cc3c3ccccc3c2n1. The molecule has 0 N–H and O–H groups in total. The van der Waals surface area contributed by atoms with Gasteiger partial charge in [0, 0.05) is 22.5 Å². The molecule has 0 aliphatic carbocycles. The Kier molecular flexibility index (Phi) is 4.81. The molecule has 2 heteroatoms. The maximum atomic E-state index is 5.33. The van der Waals surface area contributed by atoms with Crippen molar-refractivity contribution in [3.05, 3.63) is 120 Å². The Morgan fingerprint density at radius 2 is 1.23 bits per heavy atom. The minimum atomic E-state index is 0.988. The number of benzene rings is 6. The fourth-order valence-corrected chi connectivity index (χ4v) is 6.64. The Hall–Kier alpha value is -4.69. The van der Waals surface area contributed by atoms with Crippen LogP contribution in [0, 0.1) is 0 Å². The second-order valence-electron chi connectivity index (χ2n) is 10.6. The highest BCUT2D eigenvalue weighted by atomic mass is 15.0. The number of rotatable bonds is 3. The maximum absolute atomic E-state index is 5.33. The van der Waals surface area contributed by atoms with E-state index in [4.69, 9.17) is 4.98 Å². The van der Waals surface area contributed by atoms with Gasteiger partial charge in [-0.05, 0) is 73.8 Å². The van der Waals surface area contributed by atoms with Crippen LogP contribution in [0.3, 0.4) is 0 Å². The van der Waals surface area contributed by atoms with E-state index < -0.39 is 0 Å². The van der Waals surface area contributed by atoms with Gasteiger partial charge in [0.25, 0.3) is 0 Å². The highest BCUT2D eigenvalue weighted by molar-refractivity contribution is 6.24. The van der Waals surface area contributed by atoms with Crippen LogP contribution in [0.15, 0.2) is 109 Å². The van der Waals surface area contributed by atoms with Crippen LogP contribution in [-0.4, -0.2) is 9.38 Å². The Morgan fingerprint density at radius 3 is 2.00 bits per heavy atom. The molecule has 0 atom stereocenters. The van der Waals surface area contributed by atoms with Gasteiger partial charge in [0.15, 0.2) is 0 Å². The number of aromatic nitrogens is 2. The third kappa shape index (κ3) is 3.18. The Balaban J connectivity index is 1.56. The van der Waals surface area contributed by atoms with E-state index in [1.54, 1.807) is 0 Å². The zero-order valence-corrected chi connectivity index (χ0v) is 22.2. The number of fused-ring (bicyclic) bond motifs is 11. The number of hydrogen-bond acceptors (Lipinski definition) is 1. The highest BCUT2D eigenvalue weighted by Gasteiger charge is 2.17. The molecule has 0 bridgehead atoms. The average Bonchev–Trinajstić information content (AvgIpc) is 3.45. The molecule has 8 rings (SSSR count). The number of pyridine rings is 1. The molecule has 0 radical (unpaired) electrons. The monoisotopic (exact) mass is 500 g/mol. The average molecular weight is 501 g/mol. The van der Waals surface area contributed by atoms with E-state index >= 15 is 0 Å². The van der Waals surface area contributed by atoms with E-state index in [9.17, 15) is 0 Å². The molecule has 0 spiro atoms. The lowest BCUT2D eigenvalue weighted by Crippen LogP contribution is -1.94. The number of nitrogens with zero attached hydrogens (tertiary/aromatic N) is 2. The quantitative estimate of drug-likeness (QED) is 0.174. The second kappa shape index (κ2) is 8.41. The van der Waals surface area contributed by atoms with Crippen LogP contribution in [0.4, 0.5) is 0 Å². The van der Waals surface area contributed by atoms with Crippen molar-refractivity contribution >= 4 is 59.6 Å². The van der Waals surface area contributed by atoms with Crippen molar-refractivity contribution in [3.8, 4) is 11.3 Å². The summed E-state index contributed by atoms with van der Waals surface area (Å²) in [7, 11) is 0. The van der Waals surface area contributed by atoms with Crippen LogP contribution in [0.2, 0.25) is 0 Å². The molecule has 2 heterocycles. The summed E-state index contributed by atoms with van der Waals surface area (Å²) in [6.07, 6.45) is 4.25. The zero-order valence-electron chi connectivity index (χ0n) is 22.2. The number of imidazole rings is 1. The summed E-state index contributed by atoms with van der Waals surface area (Å²) in [5.74, 6) is 0. The van der Waals surface area contributed by atoms with E-state index in [1.807, 2.05) is 0 Å². The van der Waals surface area contributed by atoms with E-state index in [0.29, 0.717) is 0 Å².